The SMILES string of the molecule is N#Cc1c2n(c3c(=O)n(CC(=O)[O-])cnc13)CCCC2. The maximum Gasteiger partial charge on any atom is 0.278 e. The molecule has 0 aliphatic carbocycles. The van der Waals surface area contributed by atoms with Crippen molar-refractivity contribution in [1.29, 1.82) is 5.26 Å². The van der Waals surface area contributed by atoms with Crippen molar-refractivity contribution in [3.63, 3.8) is 0 Å². The summed E-state index contributed by atoms with van der Waals surface area (Å²) in [5, 5.41) is 19.9. The Balaban J connectivity index is 2.35. The number of hydrogen-bond acceptors (Lipinski definition) is 5. The summed E-state index contributed by atoms with van der Waals surface area (Å²) in [6.45, 7) is 0.115. The van der Waals surface area contributed by atoms with Crippen molar-refractivity contribution in [2.24, 2.45) is 0 Å². The summed E-state index contributed by atoms with van der Waals surface area (Å²) in [5.41, 5.74) is 1.50. The van der Waals surface area contributed by atoms with Gasteiger partial charge in [0.15, 0.2) is 0 Å². The van der Waals surface area contributed by atoms with Crippen LogP contribution >= 0.6 is 0 Å². The van der Waals surface area contributed by atoms with E-state index in [9.17, 15) is 20.0 Å². The van der Waals surface area contributed by atoms with E-state index in [1.54, 1.807) is 4.57 Å². The van der Waals surface area contributed by atoms with Crippen LogP contribution in [-0.2, 0) is 24.3 Å². The normalized spacial score (nSPS) is 13.9. The van der Waals surface area contributed by atoms with Crippen LogP contribution in [0.2, 0.25) is 0 Å². The Morgan fingerprint density at radius 2 is 2.30 bits per heavy atom. The maximum absolute atomic E-state index is 12.4. The summed E-state index contributed by atoms with van der Waals surface area (Å²) in [6.07, 6.45) is 3.79. The van der Waals surface area contributed by atoms with E-state index in [-0.39, 0.29) is 0 Å². The molecule has 0 fully saturated rings. The molecule has 0 spiro atoms. The fourth-order valence-electron chi connectivity index (χ4n) is 2.75. The van der Waals surface area contributed by atoms with Crippen LogP contribution in [0.4, 0.5) is 0 Å². The Morgan fingerprint density at radius 1 is 1.50 bits per heavy atom. The van der Waals surface area contributed by atoms with Crippen LogP contribution in [0.25, 0.3) is 11.0 Å². The molecule has 0 saturated carbocycles. The van der Waals surface area contributed by atoms with E-state index < -0.39 is 18.1 Å². The summed E-state index contributed by atoms with van der Waals surface area (Å²) in [7, 11) is 0. The van der Waals surface area contributed by atoms with Gasteiger partial charge in [0.1, 0.15) is 17.1 Å². The summed E-state index contributed by atoms with van der Waals surface area (Å²) in [4.78, 5) is 27.1. The second-order valence-corrected chi connectivity index (χ2v) is 4.79. The molecule has 1 aliphatic rings. The molecule has 20 heavy (non-hydrogen) atoms. The zero-order valence-electron chi connectivity index (χ0n) is 10.6. The lowest BCUT2D eigenvalue weighted by Crippen LogP contribution is -2.33. The van der Waals surface area contributed by atoms with E-state index in [0.717, 1.165) is 35.9 Å². The second-order valence-electron chi connectivity index (χ2n) is 4.79. The molecule has 0 bridgehead atoms. The first-order valence-electron chi connectivity index (χ1n) is 6.34. The summed E-state index contributed by atoms with van der Waals surface area (Å²) in [6, 6.07) is 2.11. The summed E-state index contributed by atoms with van der Waals surface area (Å²) >= 11 is 0. The monoisotopic (exact) mass is 271 g/mol. The van der Waals surface area contributed by atoms with E-state index in [1.807, 2.05) is 0 Å². The van der Waals surface area contributed by atoms with Crippen molar-refractivity contribution < 1.29 is 9.90 Å². The average Bonchev–Trinajstić information content (AvgIpc) is 2.75. The number of hydrogen-bond donors (Lipinski definition) is 0. The number of carboxylic acids is 1. The first kappa shape index (κ1) is 12.4. The number of carboxylic acid groups (broad SMARTS) is 1. The summed E-state index contributed by atoms with van der Waals surface area (Å²) < 4.78 is 2.80. The lowest BCUT2D eigenvalue weighted by atomic mass is 10.1. The van der Waals surface area contributed by atoms with Crippen LogP contribution in [0.3, 0.4) is 0 Å². The van der Waals surface area contributed by atoms with Gasteiger partial charge in [-0.3, -0.25) is 9.36 Å². The second kappa shape index (κ2) is 4.49. The first-order valence-corrected chi connectivity index (χ1v) is 6.34. The van der Waals surface area contributed by atoms with Crippen LogP contribution in [0.5, 0.6) is 0 Å². The number of nitriles is 1. The molecule has 0 unspecified atom stereocenters. The molecular weight excluding hydrogens is 260 g/mol. The number of rotatable bonds is 2. The molecule has 1 aliphatic heterocycles. The topological polar surface area (TPSA) is 104 Å². The molecule has 0 saturated heterocycles. The molecule has 2 aromatic heterocycles. The molecule has 3 rings (SSSR count). The van der Waals surface area contributed by atoms with Crippen molar-refractivity contribution in [3.05, 3.63) is 27.9 Å². The van der Waals surface area contributed by atoms with Crippen molar-refractivity contribution in [1.82, 2.24) is 14.1 Å². The molecule has 0 N–H and O–H groups in total. The highest BCUT2D eigenvalue weighted by molar-refractivity contribution is 5.83. The Morgan fingerprint density at radius 3 is 3.00 bits per heavy atom. The Hall–Kier alpha value is -2.62. The average molecular weight is 271 g/mol. The van der Waals surface area contributed by atoms with Crippen molar-refractivity contribution >= 4 is 17.0 Å². The number of fused-ring (bicyclic) bond motifs is 3. The van der Waals surface area contributed by atoms with Gasteiger partial charge < -0.3 is 14.5 Å². The third-order valence-electron chi connectivity index (χ3n) is 3.59. The van der Waals surface area contributed by atoms with Crippen LogP contribution in [0, 0.1) is 11.3 Å². The molecular formula is C13H11N4O3-. The number of aromatic nitrogens is 3. The molecule has 0 aromatic carbocycles. The number of carbonyl (C=O) groups is 1. The fourth-order valence-corrected chi connectivity index (χ4v) is 2.75. The smallest absolute Gasteiger partial charge is 0.278 e. The van der Waals surface area contributed by atoms with Gasteiger partial charge >= 0.3 is 0 Å². The zero-order chi connectivity index (χ0) is 14.3. The van der Waals surface area contributed by atoms with E-state index in [4.69, 9.17) is 0 Å². The predicted molar refractivity (Wildman–Crippen MR) is 66.7 cm³/mol. The fraction of sp³-hybridized carbons (Fsp3) is 0.385. The zero-order valence-corrected chi connectivity index (χ0v) is 10.6. The largest absolute Gasteiger partial charge is 0.548 e. The van der Waals surface area contributed by atoms with Gasteiger partial charge in [0.25, 0.3) is 5.56 Å². The lowest BCUT2D eigenvalue weighted by molar-refractivity contribution is -0.306. The Labute approximate surface area is 113 Å². The number of nitrogens with zero attached hydrogens (tertiary/aromatic N) is 4. The number of carbonyl (C=O) groups excluding carboxylic acids is 1. The van der Waals surface area contributed by atoms with Gasteiger partial charge in [-0.1, -0.05) is 0 Å². The molecule has 0 amide bonds. The molecule has 2 aromatic rings. The van der Waals surface area contributed by atoms with Crippen molar-refractivity contribution in [2.75, 3.05) is 0 Å². The van der Waals surface area contributed by atoms with Gasteiger partial charge in [-0.05, 0) is 19.3 Å². The van der Waals surface area contributed by atoms with Crippen LogP contribution in [0.1, 0.15) is 24.1 Å². The molecule has 3 heterocycles. The van der Waals surface area contributed by atoms with E-state index in [2.05, 4.69) is 11.1 Å². The van der Waals surface area contributed by atoms with E-state index in [0.29, 0.717) is 23.1 Å². The van der Waals surface area contributed by atoms with E-state index in [1.165, 1.54) is 0 Å². The van der Waals surface area contributed by atoms with Gasteiger partial charge in [0.2, 0.25) is 0 Å². The minimum absolute atomic E-state index is 0.319. The predicted octanol–water partition coefficient (Wildman–Crippen LogP) is -0.844. The highest BCUT2D eigenvalue weighted by Gasteiger charge is 2.23. The molecule has 7 heteroatoms. The van der Waals surface area contributed by atoms with E-state index >= 15 is 0 Å². The molecule has 102 valence electrons. The maximum atomic E-state index is 12.4. The van der Waals surface area contributed by atoms with Crippen molar-refractivity contribution in [2.45, 2.75) is 32.4 Å². The summed E-state index contributed by atoms with van der Waals surface area (Å²) in [5.74, 6) is -1.35. The third kappa shape index (κ3) is 1.69. The minimum Gasteiger partial charge on any atom is -0.548 e. The number of aryl methyl sites for hydroxylation is 1. The van der Waals surface area contributed by atoms with Gasteiger partial charge in [0, 0.05) is 12.2 Å². The first-order chi connectivity index (χ1) is 9.63. The standard InChI is InChI=1S/C13H12N4O3/c14-5-8-9-3-1-2-4-17(9)12-11(8)15-7-16(13(12)20)6-10(18)19/h7H,1-4,6H2,(H,18,19)/p-1. The van der Waals surface area contributed by atoms with Crippen LogP contribution in [-0.4, -0.2) is 20.1 Å². The number of aliphatic carboxylic acids is 1. The highest BCUT2D eigenvalue weighted by atomic mass is 16.4. The third-order valence-corrected chi connectivity index (χ3v) is 3.59. The van der Waals surface area contributed by atoms with Crippen LogP contribution < -0.4 is 10.7 Å². The van der Waals surface area contributed by atoms with Gasteiger partial charge in [-0.2, -0.15) is 5.26 Å². The highest BCUT2D eigenvalue weighted by Crippen LogP contribution is 2.26. The molecule has 0 radical (unpaired) electrons. The van der Waals surface area contributed by atoms with Crippen LogP contribution in [0.15, 0.2) is 11.1 Å². The lowest BCUT2D eigenvalue weighted by Gasteiger charge is -2.15. The Bertz CT molecular complexity index is 810. The van der Waals surface area contributed by atoms with Gasteiger partial charge in [-0.25, -0.2) is 4.98 Å². The van der Waals surface area contributed by atoms with Crippen molar-refractivity contribution in [3.8, 4) is 6.07 Å². The minimum atomic E-state index is -1.35. The van der Waals surface area contributed by atoms with Gasteiger partial charge in [0.05, 0.1) is 24.4 Å². The quantitative estimate of drug-likeness (QED) is 0.708. The molecule has 0 atom stereocenters. The molecule has 7 nitrogen and oxygen atoms in total. The Kier molecular flexibility index (Phi) is 2.79. The van der Waals surface area contributed by atoms with Gasteiger partial charge in [-0.15, -0.1) is 0 Å².